The Morgan fingerprint density at radius 2 is 1.84 bits per heavy atom. The molecule has 0 radical (unpaired) electrons. The highest BCUT2D eigenvalue weighted by atomic mass is 35.5. The lowest BCUT2D eigenvalue weighted by atomic mass is 10.2. The van der Waals surface area contributed by atoms with Crippen LogP contribution in [0, 0.1) is 5.82 Å². The molecule has 0 spiro atoms. The molecule has 1 aliphatic heterocycles. The molecule has 1 unspecified atom stereocenters. The molecule has 2 aromatic carbocycles. The first-order chi connectivity index (χ1) is 15.4. The van der Waals surface area contributed by atoms with Gasteiger partial charge < -0.3 is 10.6 Å². The fourth-order valence-electron chi connectivity index (χ4n) is 3.15. The monoisotopic (exact) mass is 453 g/mol. The minimum absolute atomic E-state index is 0.0762. The summed E-state index contributed by atoms with van der Waals surface area (Å²) in [6.45, 7) is 0. The number of nitrogens with one attached hydrogen (secondary N) is 2. The van der Waals surface area contributed by atoms with Crippen molar-refractivity contribution >= 4 is 41.1 Å². The van der Waals surface area contributed by atoms with Crippen molar-refractivity contribution in [1.29, 1.82) is 0 Å². The lowest BCUT2D eigenvalue weighted by molar-refractivity contribution is -0.119. The van der Waals surface area contributed by atoms with Crippen LogP contribution in [0.25, 0.3) is 5.69 Å². The van der Waals surface area contributed by atoms with Crippen LogP contribution in [0.4, 0.5) is 20.6 Å². The molecule has 3 amide bonds. The van der Waals surface area contributed by atoms with E-state index in [-0.39, 0.29) is 17.7 Å². The topological polar surface area (TPSA) is 95.8 Å². The Hall–Kier alpha value is -3.98. The lowest BCUT2D eigenvalue weighted by Crippen LogP contribution is -2.43. The SMILES string of the molecule is O=C(Nc1ccc(-n2ccccc2=O)cc1F)C1CC=NN1C(=O)Nc1ccc(Cl)cc1. The van der Waals surface area contributed by atoms with E-state index in [0.29, 0.717) is 16.4 Å². The molecule has 2 heterocycles. The van der Waals surface area contributed by atoms with Crippen molar-refractivity contribution in [2.45, 2.75) is 12.5 Å². The third-order valence-corrected chi connectivity index (χ3v) is 5.00. The second-order valence-electron chi connectivity index (χ2n) is 6.89. The van der Waals surface area contributed by atoms with E-state index < -0.39 is 23.8 Å². The number of urea groups is 1. The molecular formula is C22H17ClFN5O3. The fourth-order valence-corrected chi connectivity index (χ4v) is 3.28. The number of nitrogens with zero attached hydrogens (tertiary/aromatic N) is 3. The maximum atomic E-state index is 14.6. The predicted molar refractivity (Wildman–Crippen MR) is 120 cm³/mol. The van der Waals surface area contributed by atoms with Gasteiger partial charge in [0.1, 0.15) is 11.9 Å². The van der Waals surface area contributed by atoms with Crippen molar-refractivity contribution in [3.05, 3.63) is 88.1 Å². The van der Waals surface area contributed by atoms with Gasteiger partial charge in [-0.1, -0.05) is 17.7 Å². The van der Waals surface area contributed by atoms with E-state index in [1.165, 1.54) is 35.2 Å². The highest BCUT2D eigenvalue weighted by Gasteiger charge is 2.33. The standard InChI is InChI=1S/C22H17ClFN5O3/c23-14-4-6-15(7-5-14)26-22(32)29-19(10-11-25-29)21(31)27-18-9-8-16(13-17(18)24)28-12-2-1-3-20(28)30/h1-9,11-13,19H,10H2,(H,26,32)(H,27,31). The van der Waals surface area contributed by atoms with E-state index in [4.69, 9.17) is 11.6 Å². The molecule has 4 rings (SSSR count). The number of hydrogen-bond acceptors (Lipinski definition) is 4. The molecule has 162 valence electrons. The second kappa shape index (κ2) is 9.03. The number of hydrazone groups is 1. The molecule has 10 heteroatoms. The zero-order chi connectivity index (χ0) is 22.7. The van der Waals surface area contributed by atoms with Gasteiger partial charge in [0.15, 0.2) is 0 Å². The number of amides is 3. The average molecular weight is 454 g/mol. The number of hydrogen-bond donors (Lipinski definition) is 2. The van der Waals surface area contributed by atoms with Crippen LogP contribution in [-0.4, -0.2) is 33.8 Å². The number of halogens is 2. The Balaban J connectivity index is 1.46. The molecule has 0 saturated heterocycles. The maximum Gasteiger partial charge on any atom is 0.343 e. The molecular weight excluding hydrogens is 437 g/mol. The second-order valence-corrected chi connectivity index (χ2v) is 7.33. The first-order valence-electron chi connectivity index (χ1n) is 9.59. The minimum atomic E-state index is -0.946. The van der Waals surface area contributed by atoms with Crippen molar-refractivity contribution < 1.29 is 14.0 Å². The van der Waals surface area contributed by atoms with E-state index in [2.05, 4.69) is 15.7 Å². The van der Waals surface area contributed by atoms with Gasteiger partial charge in [0.2, 0.25) is 5.91 Å². The lowest BCUT2D eigenvalue weighted by Gasteiger charge is -2.21. The first-order valence-corrected chi connectivity index (χ1v) is 9.97. The Morgan fingerprint density at radius 1 is 1.06 bits per heavy atom. The van der Waals surface area contributed by atoms with Gasteiger partial charge in [-0.2, -0.15) is 5.10 Å². The fraction of sp³-hybridized carbons (Fsp3) is 0.0909. The average Bonchev–Trinajstić information content (AvgIpc) is 3.27. The van der Waals surface area contributed by atoms with Crippen LogP contribution in [0.15, 0.2) is 76.8 Å². The number of aromatic nitrogens is 1. The van der Waals surface area contributed by atoms with E-state index in [1.54, 1.807) is 36.4 Å². The summed E-state index contributed by atoms with van der Waals surface area (Å²) in [5.41, 5.74) is 0.416. The highest BCUT2D eigenvalue weighted by molar-refractivity contribution is 6.30. The van der Waals surface area contributed by atoms with E-state index in [1.807, 2.05) is 0 Å². The molecule has 1 aliphatic rings. The predicted octanol–water partition coefficient (Wildman–Crippen LogP) is 3.86. The summed E-state index contributed by atoms with van der Waals surface area (Å²) < 4.78 is 15.9. The number of benzene rings is 2. The number of carbonyl (C=O) groups is 2. The molecule has 32 heavy (non-hydrogen) atoms. The van der Waals surface area contributed by atoms with Crippen LogP contribution in [-0.2, 0) is 4.79 Å². The van der Waals surface area contributed by atoms with Crippen molar-refractivity contribution in [3.8, 4) is 5.69 Å². The molecule has 0 bridgehead atoms. The Morgan fingerprint density at radius 3 is 2.56 bits per heavy atom. The summed E-state index contributed by atoms with van der Waals surface area (Å²) in [5.74, 6) is -1.32. The number of anilines is 2. The largest absolute Gasteiger partial charge is 0.343 e. The van der Waals surface area contributed by atoms with Gasteiger partial charge in [-0.05, 0) is 42.5 Å². The summed E-state index contributed by atoms with van der Waals surface area (Å²) in [4.78, 5) is 37.2. The first kappa shape index (κ1) is 21.3. The quantitative estimate of drug-likeness (QED) is 0.627. The third kappa shape index (κ3) is 4.52. The molecule has 1 atom stereocenters. The number of rotatable bonds is 4. The normalized spacial score (nSPS) is 14.9. The van der Waals surface area contributed by atoms with E-state index in [9.17, 15) is 18.8 Å². The smallest absolute Gasteiger partial charge is 0.322 e. The van der Waals surface area contributed by atoms with Crippen LogP contribution in [0.2, 0.25) is 5.02 Å². The molecule has 0 aliphatic carbocycles. The zero-order valence-corrected chi connectivity index (χ0v) is 17.3. The van der Waals surface area contributed by atoms with Crippen molar-refractivity contribution in [2.75, 3.05) is 10.6 Å². The van der Waals surface area contributed by atoms with E-state index in [0.717, 1.165) is 11.1 Å². The summed E-state index contributed by atoms with van der Waals surface area (Å²) in [7, 11) is 0. The molecule has 1 aromatic heterocycles. The van der Waals surface area contributed by atoms with Gasteiger partial charge >= 0.3 is 6.03 Å². The van der Waals surface area contributed by atoms with Gasteiger partial charge in [0, 0.05) is 41.7 Å². The zero-order valence-electron chi connectivity index (χ0n) is 16.5. The highest BCUT2D eigenvalue weighted by Crippen LogP contribution is 2.21. The van der Waals surface area contributed by atoms with Crippen LogP contribution in [0.1, 0.15) is 6.42 Å². The molecule has 8 nitrogen and oxygen atoms in total. The Bertz CT molecular complexity index is 1260. The molecule has 0 saturated carbocycles. The van der Waals surface area contributed by atoms with Crippen LogP contribution in [0.5, 0.6) is 0 Å². The van der Waals surface area contributed by atoms with Gasteiger partial charge in [0.05, 0.1) is 11.4 Å². The summed E-state index contributed by atoms with van der Waals surface area (Å²) in [5, 5.41) is 10.6. The summed E-state index contributed by atoms with van der Waals surface area (Å²) in [6.07, 6.45) is 3.13. The number of pyridine rings is 1. The Labute approximate surface area is 186 Å². The van der Waals surface area contributed by atoms with Crippen molar-refractivity contribution in [3.63, 3.8) is 0 Å². The van der Waals surface area contributed by atoms with Gasteiger partial charge in [0.25, 0.3) is 5.56 Å². The summed E-state index contributed by atoms with van der Waals surface area (Å²) in [6, 6.07) is 13.5. The minimum Gasteiger partial charge on any atom is -0.322 e. The van der Waals surface area contributed by atoms with Crippen molar-refractivity contribution in [2.24, 2.45) is 5.10 Å². The van der Waals surface area contributed by atoms with Crippen LogP contribution >= 0.6 is 11.6 Å². The maximum absolute atomic E-state index is 14.6. The summed E-state index contributed by atoms with van der Waals surface area (Å²) >= 11 is 5.84. The third-order valence-electron chi connectivity index (χ3n) is 4.75. The van der Waals surface area contributed by atoms with Gasteiger partial charge in [-0.25, -0.2) is 14.2 Å². The molecule has 3 aromatic rings. The number of carbonyl (C=O) groups excluding carboxylic acids is 2. The molecule has 2 N–H and O–H groups in total. The van der Waals surface area contributed by atoms with Gasteiger partial charge in [-0.3, -0.25) is 14.2 Å². The van der Waals surface area contributed by atoms with Crippen LogP contribution in [0.3, 0.4) is 0 Å². The van der Waals surface area contributed by atoms with Crippen molar-refractivity contribution in [1.82, 2.24) is 9.58 Å². The molecule has 0 fully saturated rings. The van der Waals surface area contributed by atoms with E-state index >= 15 is 0 Å². The van der Waals surface area contributed by atoms with Gasteiger partial charge in [-0.15, -0.1) is 0 Å². The van der Waals surface area contributed by atoms with Crippen LogP contribution < -0.4 is 16.2 Å². The Kier molecular flexibility index (Phi) is 6.00.